The molecule has 0 N–H and O–H groups in total. The zero-order valence-corrected chi connectivity index (χ0v) is 15.3. The molecule has 0 radical (unpaired) electrons. The zero-order valence-electron chi connectivity index (χ0n) is 14.5. The maximum atomic E-state index is 14.2. The molecule has 0 saturated carbocycles. The molecule has 0 aliphatic carbocycles. The molecule has 0 amide bonds. The number of nitrogens with zero attached hydrogens (tertiary/aromatic N) is 1. The van der Waals surface area contributed by atoms with Crippen LogP contribution in [0.3, 0.4) is 0 Å². The van der Waals surface area contributed by atoms with Crippen LogP contribution in [-0.2, 0) is 16.6 Å². The first-order chi connectivity index (χ1) is 12.9. The molecule has 0 aromatic heterocycles. The van der Waals surface area contributed by atoms with Crippen LogP contribution in [-0.4, -0.2) is 15.5 Å². The highest BCUT2D eigenvalue weighted by atomic mass is 32.2. The zero-order chi connectivity index (χ0) is 19.4. The summed E-state index contributed by atoms with van der Waals surface area (Å²) in [6, 6.07) is 17.7. The number of hydrogen-bond acceptors (Lipinski definition) is 3. The fraction of sp³-hybridized carbons (Fsp3) is 0.100. The lowest BCUT2D eigenvalue weighted by Gasteiger charge is -2.25. The maximum Gasteiger partial charge on any atom is 0.267 e. The Labute approximate surface area is 156 Å². The van der Waals surface area contributed by atoms with Crippen molar-refractivity contribution in [1.82, 2.24) is 0 Å². The summed E-state index contributed by atoms with van der Waals surface area (Å²) in [7, 11) is -2.77. The summed E-state index contributed by atoms with van der Waals surface area (Å²) in [4.78, 5) is -0.587. The summed E-state index contributed by atoms with van der Waals surface area (Å²) in [5.41, 5.74) is 1.06. The maximum absolute atomic E-state index is 14.2. The van der Waals surface area contributed by atoms with E-state index in [4.69, 9.17) is 4.74 Å². The van der Waals surface area contributed by atoms with Crippen LogP contribution in [0.5, 0.6) is 5.75 Å². The third kappa shape index (κ3) is 4.09. The summed E-state index contributed by atoms with van der Waals surface area (Å²) >= 11 is 0. The molecule has 0 atom stereocenters. The van der Waals surface area contributed by atoms with Crippen molar-refractivity contribution < 1.29 is 21.9 Å². The fourth-order valence-corrected chi connectivity index (χ4v) is 4.12. The van der Waals surface area contributed by atoms with Crippen molar-refractivity contribution in [1.29, 1.82) is 0 Å². The molecule has 0 saturated heterocycles. The van der Waals surface area contributed by atoms with Gasteiger partial charge >= 0.3 is 0 Å². The van der Waals surface area contributed by atoms with E-state index in [2.05, 4.69) is 0 Å². The average molecular weight is 389 g/mol. The second-order valence-electron chi connectivity index (χ2n) is 5.77. The molecule has 3 rings (SSSR count). The topological polar surface area (TPSA) is 46.6 Å². The lowest BCUT2D eigenvalue weighted by atomic mass is 10.2. The Morgan fingerprint density at radius 2 is 1.59 bits per heavy atom. The van der Waals surface area contributed by atoms with Crippen LogP contribution in [0.2, 0.25) is 0 Å². The Hall–Kier alpha value is -2.93. The second-order valence-corrected chi connectivity index (χ2v) is 7.60. The number of rotatable bonds is 6. The van der Waals surface area contributed by atoms with E-state index in [1.165, 1.54) is 7.11 Å². The van der Waals surface area contributed by atoms with Crippen LogP contribution in [0.15, 0.2) is 77.7 Å². The Bertz CT molecular complexity index is 1020. The first kappa shape index (κ1) is 18.8. The summed E-state index contributed by atoms with van der Waals surface area (Å²) in [6.45, 7) is -0.00762. The minimum absolute atomic E-state index is 0.00762. The van der Waals surface area contributed by atoms with Crippen molar-refractivity contribution in [3.63, 3.8) is 0 Å². The number of ether oxygens (including phenoxy) is 1. The summed E-state index contributed by atoms with van der Waals surface area (Å²) in [6.07, 6.45) is 0. The molecule has 0 unspecified atom stereocenters. The molecule has 0 aliphatic rings. The number of hydrogen-bond donors (Lipinski definition) is 0. The molecule has 27 heavy (non-hydrogen) atoms. The number of benzene rings is 3. The Morgan fingerprint density at radius 3 is 2.19 bits per heavy atom. The van der Waals surface area contributed by atoms with Gasteiger partial charge in [-0.25, -0.2) is 17.2 Å². The lowest BCUT2D eigenvalue weighted by Crippen LogP contribution is -2.31. The minimum Gasteiger partial charge on any atom is -0.497 e. The molecule has 3 aromatic rings. The summed E-state index contributed by atoms with van der Waals surface area (Å²) in [5.74, 6) is -1.42. The van der Waals surface area contributed by atoms with E-state index in [0.29, 0.717) is 17.5 Å². The van der Waals surface area contributed by atoms with Gasteiger partial charge < -0.3 is 4.74 Å². The van der Waals surface area contributed by atoms with Gasteiger partial charge in [0.2, 0.25) is 0 Å². The van der Waals surface area contributed by atoms with Crippen molar-refractivity contribution in [2.75, 3.05) is 11.4 Å². The van der Waals surface area contributed by atoms with Crippen LogP contribution in [0.1, 0.15) is 5.56 Å². The molecular weight excluding hydrogens is 372 g/mol. The Morgan fingerprint density at radius 1 is 0.926 bits per heavy atom. The molecule has 0 aliphatic heterocycles. The van der Waals surface area contributed by atoms with Crippen molar-refractivity contribution >= 4 is 15.7 Å². The minimum atomic E-state index is -4.27. The smallest absolute Gasteiger partial charge is 0.267 e. The van der Waals surface area contributed by atoms with Gasteiger partial charge in [0.05, 0.1) is 19.3 Å². The van der Waals surface area contributed by atoms with Gasteiger partial charge in [-0.2, -0.15) is 0 Å². The van der Waals surface area contributed by atoms with Crippen LogP contribution in [0, 0.1) is 11.6 Å². The van der Waals surface area contributed by atoms with E-state index in [1.807, 2.05) is 6.07 Å². The van der Waals surface area contributed by atoms with E-state index in [9.17, 15) is 17.2 Å². The standard InChI is InChI=1S/C20H17F2NO3S/c1-26-18-10-8-17(9-11-18)23(14-15-5-3-2-4-6-15)27(24,25)20-12-7-16(21)13-19(20)22/h2-13H,14H2,1H3. The van der Waals surface area contributed by atoms with E-state index in [-0.39, 0.29) is 6.54 Å². The van der Waals surface area contributed by atoms with Gasteiger partial charge in [-0.05, 0) is 42.0 Å². The van der Waals surface area contributed by atoms with Crippen LogP contribution in [0.25, 0.3) is 0 Å². The summed E-state index contributed by atoms with van der Waals surface area (Å²) in [5, 5.41) is 0. The quantitative estimate of drug-likeness (QED) is 0.629. The van der Waals surface area contributed by atoms with E-state index < -0.39 is 26.6 Å². The van der Waals surface area contributed by atoms with Gasteiger partial charge in [0.25, 0.3) is 10.0 Å². The molecule has 0 bridgehead atoms. The van der Waals surface area contributed by atoms with Crippen LogP contribution in [0.4, 0.5) is 14.5 Å². The largest absolute Gasteiger partial charge is 0.497 e. The SMILES string of the molecule is COc1ccc(N(Cc2ccccc2)S(=O)(=O)c2ccc(F)cc2F)cc1. The van der Waals surface area contributed by atoms with Gasteiger partial charge in [-0.1, -0.05) is 30.3 Å². The highest BCUT2D eigenvalue weighted by Crippen LogP contribution is 2.29. The van der Waals surface area contributed by atoms with Gasteiger partial charge in [-0.15, -0.1) is 0 Å². The van der Waals surface area contributed by atoms with E-state index in [0.717, 1.165) is 22.0 Å². The molecule has 140 valence electrons. The molecule has 4 nitrogen and oxygen atoms in total. The van der Waals surface area contributed by atoms with Gasteiger partial charge in [0.1, 0.15) is 22.3 Å². The molecule has 3 aromatic carbocycles. The third-order valence-corrected chi connectivity index (χ3v) is 5.80. The first-order valence-corrected chi connectivity index (χ1v) is 9.51. The lowest BCUT2D eigenvalue weighted by molar-refractivity contribution is 0.415. The average Bonchev–Trinajstić information content (AvgIpc) is 2.66. The van der Waals surface area contributed by atoms with Crippen LogP contribution < -0.4 is 9.04 Å². The number of methoxy groups -OCH3 is 1. The first-order valence-electron chi connectivity index (χ1n) is 8.07. The van der Waals surface area contributed by atoms with Gasteiger partial charge in [-0.3, -0.25) is 4.31 Å². The molecule has 0 spiro atoms. The number of sulfonamides is 1. The molecule has 0 fully saturated rings. The van der Waals surface area contributed by atoms with Crippen molar-refractivity contribution in [3.8, 4) is 5.75 Å². The molecule has 0 heterocycles. The number of anilines is 1. The van der Waals surface area contributed by atoms with E-state index >= 15 is 0 Å². The normalized spacial score (nSPS) is 11.2. The highest BCUT2D eigenvalue weighted by molar-refractivity contribution is 7.92. The third-order valence-electron chi connectivity index (χ3n) is 3.99. The molecule has 7 heteroatoms. The highest BCUT2D eigenvalue weighted by Gasteiger charge is 2.28. The predicted molar refractivity (Wildman–Crippen MR) is 99.2 cm³/mol. The van der Waals surface area contributed by atoms with Crippen molar-refractivity contribution in [2.45, 2.75) is 11.4 Å². The van der Waals surface area contributed by atoms with Crippen LogP contribution >= 0.6 is 0 Å². The van der Waals surface area contributed by atoms with Crippen molar-refractivity contribution in [3.05, 3.63) is 90.0 Å². The fourth-order valence-electron chi connectivity index (χ4n) is 2.62. The Kier molecular flexibility index (Phi) is 5.41. The van der Waals surface area contributed by atoms with E-state index in [1.54, 1.807) is 48.5 Å². The number of halogens is 2. The van der Waals surface area contributed by atoms with Crippen molar-refractivity contribution in [2.24, 2.45) is 0 Å². The second kappa shape index (κ2) is 7.75. The van der Waals surface area contributed by atoms with Gasteiger partial charge in [0.15, 0.2) is 0 Å². The Balaban J connectivity index is 2.09. The predicted octanol–water partition coefficient (Wildman–Crippen LogP) is 4.37. The molecular formula is C20H17F2NO3S. The summed E-state index contributed by atoms with van der Waals surface area (Å²) < 4.78 is 59.9. The van der Waals surface area contributed by atoms with Gasteiger partial charge in [0, 0.05) is 6.07 Å². The monoisotopic (exact) mass is 389 g/mol.